The fourth-order valence-electron chi connectivity index (χ4n) is 2.41. The van der Waals surface area contributed by atoms with Crippen molar-refractivity contribution >= 4 is 17.7 Å². The first-order valence-corrected chi connectivity index (χ1v) is 9.71. The Morgan fingerprint density at radius 3 is 2.00 bits per heavy atom. The zero-order chi connectivity index (χ0) is 22.1. The Labute approximate surface area is 169 Å². The normalized spacial score (nSPS) is 11.8. The lowest BCUT2D eigenvalue weighted by Gasteiger charge is -2.22. The standard InChI is InChI=1S/C19H21F5N2O2S/c1-6-7-8-10(27)28-18-16(9(2)25-26(18)19(3,4)5)29-17-14(23)12(21)11(20)13(22)15(17)24/h6-8H2,1-5H3. The van der Waals surface area contributed by atoms with E-state index in [-0.39, 0.29) is 34.7 Å². The molecular weight excluding hydrogens is 415 g/mol. The van der Waals surface area contributed by atoms with Gasteiger partial charge in [-0.2, -0.15) is 5.10 Å². The fourth-order valence-corrected chi connectivity index (χ4v) is 3.38. The molecule has 0 saturated carbocycles. The summed E-state index contributed by atoms with van der Waals surface area (Å²) in [7, 11) is 0. The summed E-state index contributed by atoms with van der Waals surface area (Å²) in [4.78, 5) is 11.1. The van der Waals surface area contributed by atoms with E-state index in [9.17, 15) is 26.7 Å². The number of rotatable bonds is 6. The Balaban J connectivity index is 2.59. The molecule has 1 heterocycles. The van der Waals surface area contributed by atoms with E-state index < -0.39 is 45.5 Å². The van der Waals surface area contributed by atoms with Crippen molar-refractivity contribution in [2.75, 3.05) is 0 Å². The van der Waals surface area contributed by atoms with Gasteiger partial charge in [-0.15, -0.1) is 0 Å². The number of benzene rings is 1. The van der Waals surface area contributed by atoms with Crippen molar-refractivity contribution in [3.8, 4) is 5.88 Å². The molecule has 0 radical (unpaired) electrons. The van der Waals surface area contributed by atoms with Crippen LogP contribution >= 0.6 is 11.8 Å². The van der Waals surface area contributed by atoms with Gasteiger partial charge >= 0.3 is 5.97 Å². The van der Waals surface area contributed by atoms with Crippen LogP contribution in [0.4, 0.5) is 22.0 Å². The van der Waals surface area contributed by atoms with Crippen LogP contribution < -0.4 is 4.74 Å². The number of esters is 1. The molecule has 0 aliphatic rings. The van der Waals surface area contributed by atoms with Crippen molar-refractivity contribution in [3.63, 3.8) is 0 Å². The molecule has 4 nitrogen and oxygen atoms in total. The average molecular weight is 436 g/mol. The SMILES string of the molecule is CCCCC(=O)Oc1c(Sc2c(F)c(F)c(F)c(F)c2F)c(C)nn1C(C)(C)C. The second kappa shape index (κ2) is 8.73. The van der Waals surface area contributed by atoms with Crippen molar-refractivity contribution in [2.45, 2.75) is 69.2 Å². The molecule has 0 spiro atoms. The zero-order valence-electron chi connectivity index (χ0n) is 16.6. The summed E-state index contributed by atoms with van der Waals surface area (Å²) in [5, 5.41) is 4.25. The van der Waals surface area contributed by atoms with Crippen LogP contribution in [0.3, 0.4) is 0 Å². The van der Waals surface area contributed by atoms with E-state index in [4.69, 9.17) is 4.74 Å². The second-order valence-corrected chi connectivity index (χ2v) is 8.40. The van der Waals surface area contributed by atoms with Gasteiger partial charge in [-0.05, 0) is 34.1 Å². The summed E-state index contributed by atoms with van der Waals surface area (Å²) >= 11 is 0.277. The molecule has 0 saturated heterocycles. The van der Waals surface area contributed by atoms with E-state index >= 15 is 0 Å². The number of unbranched alkanes of at least 4 members (excludes halogenated alkanes) is 1. The zero-order valence-corrected chi connectivity index (χ0v) is 17.4. The maximum absolute atomic E-state index is 14.1. The lowest BCUT2D eigenvalue weighted by molar-refractivity contribution is -0.135. The molecule has 10 heteroatoms. The highest BCUT2D eigenvalue weighted by molar-refractivity contribution is 7.99. The topological polar surface area (TPSA) is 44.1 Å². The van der Waals surface area contributed by atoms with E-state index in [1.54, 1.807) is 20.8 Å². The molecule has 0 fully saturated rings. The van der Waals surface area contributed by atoms with Crippen LogP contribution in [-0.4, -0.2) is 15.7 Å². The molecule has 1 aromatic heterocycles. The summed E-state index contributed by atoms with van der Waals surface area (Å²) in [5.74, 6) is -10.9. The Bertz CT molecular complexity index is 909. The minimum Gasteiger partial charge on any atom is -0.406 e. The van der Waals surface area contributed by atoms with Gasteiger partial charge in [-0.25, -0.2) is 26.6 Å². The average Bonchev–Trinajstić information content (AvgIpc) is 2.96. The van der Waals surface area contributed by atoms with Gasteiger partial charge in [0.2, 0.25) is 11.7 Å². The van der Waals surface area contributed by atoms with Gasteiger partial charge in [0.15, 0.2) is 23.3 Å². The molecule has 0 bridgehead atoms. The number of nitrogens with zero attached hydrogens (tertiary/aromatic N) is 2. The molecule has 160 valence electrons. The Morgan fingerprint density at radius 2 is 1.52 bits per heavy atom. The predicted molar refractivity (Wildman–Crippen MR) is 97.5 cm³/mol. The summed E-state index contributed by atoms with van der Waals surface area (Å²) in [6, 6.07) is 0. The van der Waals surface area contributed by atoms with Crippen molar-refractivity contribution in [1.29, 1.82) is 0 Å². The molecule has 1 aromatic carbocycles. The van der Waals surface area contributed by atoms with Crippen LogP contribution in [0.1, 0.15) is 52.7 Å². The summed E-state index contributed by atoms with van der Waals surface area (Å²) in [6.45, 7) is 8.66. The quantitative estimate of drug-likeness (QED) is 0.245. The third-order valence-electron chi connectivity index (χ3n) is 3.92. The molecule has 2 rings (SSSR count). The first-order valence-electron chi connectivity index (χ1n) is 8.90. The van der Waals surface area contributed by atoms with E-state index in [0.717, 1.165) is 6.42 Å². The van der Waals surface area contributed by atoms with Crippen LogP contribution in [0.25, 0.3) is 0 Å². The summed E-state index contributed by atoms with van der Waals surface area (Å²) in [5.41, 5.74) is -0.465. The molecule has 0 N–H and O–H groups in total. The molecule has 0 aliphatic carbocycles. The lowest BCUT2D eigenvalue weighted by atomic mass is 10.1. The van der Waals surface area contributed by atoms with Crippen molar-refractivity contribution in [3.05, 3.63) is 34.8 Å². The van der Waals surface area contributed by atoms with Gasteiger partial charge < -0.3 is 4.74 Å². The van der Waals surface area contributed by atoms with Crippen molar-refractivity contribution in [1.82, 2.24) is 9.78 Å². The predicted octanol–water partition coefficient (Wildman–Crippen LogP) is 5.89. The van der Waals surface area contributed by atoms with Gasteiger partial charge in [0.1, 0.15) is 0 Å². The van der Waals surface area contributed by atoms with Gasteiger partial charge in [-0.1, -0.05) is 25.1 Å². The number of carbonyl (C=O) groups is 1. The number of ether oxygens (including phenoxy) is 1. The summed E-state index contributed by atoms with van der Waals surface area (Å²) in [6.07, 6.45) is 1.43. The fraction of sp³-hybridized carbons (Fsp3) is 0.474. The Morgan fingerprint density at radius 1 is 1.00 bits per heavy atom. The van der Waals surface area contributed by atoms with Gasteiger partial charge in [0.25, 0.3) is 0 Å². The minimum atomic E-state index is -2.24. The Kier molecular flexibility index (Phi) is 6.97. The molecule has 0 atom stereocenters. The molecule has 0 aliphatic heterocycles. The minimum absolute atomic E-state index is 0.00650. The van der Waals surface area contributed by atoms with E-state index in [0.29, 0.717) is 6.42 Å². The molecule has 29 heavy (non-hydrogen) atoms. The smallest absolute Gasteiger partial charge is 0.312 e. The van der Waals surface area contributed by atoms with Crippen LogP contribution in [0.2, 0.25) is 0 Å². The number of hydrogen-bond acceptors (Lipinski definition) is 4. The molecule has 0 amide bonds. The second-order valence-electron chi connectivity index (χ2n) is 7.38. The first-order chi connectivity index (χ1) is 13.4. The van der Waals surface area contributed by atoms with Gasteiger partial charge in [0.05, 0.1) is 21.0 Å². The highest BCUT2D eigenvalue weighted by atomic mass is 32.2. The van der Waals surface area contributed by atoms with Crippen molar-refractivity contribution in [2.24, 2.45) is 0 Å². The third-order valence-corrected chi connectivity index (χ3v) is 5.16. The van der Waals surface area contributed by atoms with Crippen LogP contribution in [0.15, 0.2) is 9.79 Å². The highest BCUT2D eigenvalue weighted by Gasteiger charge is 2.31. The molecular formula is C19H21F5N2O2S. The van der Waals surface area contributed by atoms with Crippen LogP contribution in [0.5, 0.6) is 5.88 Å². The van der Waals surface area contributed by atoms with E-state index in [2.05, 4.69) is 5.10 Å². The Hall–Kier alpha value is -2.10. The molecule has 2 aromatic rings. The third kappa shape index (κ3) is 4.73. The van der Waals surface area contributed by atoms with Crippen molar-refractivity contribution < 1.29 is 31.5 Å². The number of aromatic nitrogens is 2. The first kappa shape index (κ1) is 23.2. The maximum atomic E-state index is 14.1. The van der Waals surface area contributed by atoms with Crippen LogP contribution in [-0.2, 0) is 10.3 Å². The lowest BCUT2D eigenvalue weighted by Crippen LogP contribution is -2.25. The van der Waals surface area contributed by atoms with Gasteiger partial charge in [0, 0.05) is 6.42 Å². The maximum Gasteiger partial charge on any atom is 0.312 e. The number of carbonyl (C=O) groups excluding carboxylic acids is 1. The monoisotopic (exact) mass is 436 g/mol. The number of hydrogen-bond donors (Lipinski definition) is 0. The van der Waals surface area contributed by atoms with E-state index in [1.807, 2.05) is 6.92 Å². The van der Waals surface area contributed by atoms with E-state index in [1.165, 1.54) is 11.6 Å². The summed E-state index contributed by atoms with van der Waals surface area (Å²) < 4.78 is 75.5. The number of aryl methyl sites for hydroxylation is 1. The van der Waals surface area contributed by atoms with Gasteiger partial charge in [-0.3, -0.25) is 4.79 Å². The van der Waals surface area contributed by atoms with Crippen LogP contribution in [0, 0.1) is 36.0 Å². The largest absolute Gasteiger partial charge is 0.406 e. The highest BCUT2D eigenvalue weighted by Crippen LogP contribution is 2.43. The molecule has 0 unspecified atom stereocenters. The number of halogens is 5.